The minimum Gasteiger partial charge on any atom is -0.366 e. The summed E-state index contributed by atoms with van der Waals surface area (Å²) in [5.74, 6) is -0.233. The highest BCUT2D eigenvalue weighted by Crippen LogP contribution is 2.23. The van der Waals surface area contributed by atoms with Gasteiger partial charge in [0.25, 0.3) is 5.91 Å². The average molecular weight is 366 g/mol. The van der Waals surface area contributed by atoms with Gasteiger partial charge in [0.15, 0.2) is 5.82 Å². The van der Waals surface area contributed by atoms with E-state index in [2.05, 4.69) is 14.7 Å². The lowest BCUT2D eigenvalue weighted by Crippen LogP contribution is -2.18. The Morgan fingerprint density at radius 2 is 1.92 bits per heavy atom. The Morgan fingerprint density at radius 1 is 1.12 bits per heavy atom. The van der Waals surface area contributed by atoms with Crippen molar-refractivity contribution in [1.82, 2.24) is 9.36 Å². The molecule has 7 heteroatoms. The van der Waals surface area contributed by atoms with Gasteiger partial charge in [0.05, 0.1) is 11.3 Å². The normalized spacial score (nSPS) is 10.5. The van der Waals surface area contributed by atoms with Crippen LogP contribution in [0.15, 0.2) is 54.0 Å². The minimum absolute atomic E-state index is 0.150. The van der Waals surface area contributed by atoms with Gasteiger partial charge in [0, 0.05) is 12.0 Å². The molecule has 3 aromatic rings. The van der Waals surface area contributed by atoms with Gasteiger partial charge in [0.2, 0.25) is 5.91 Å². The zero-order chi connectivity index (χ0) is 18.4. The third-order valence-corrected chi connectivity index (χ3v) is 4.37. The molecule has 6 nitrogen and oxygen atoms in total. The van der Waals surface area contributed by atoms with Crippen LogP contribution >= 0.6 is 11.5 Å². The molecule has 0 fully saturated rings. The van der Waals surface area contributed by atoms with Crippen LogP contribution in [0.3, 0.4) is 0 Å². The zero-order valence-corrected chi connectivity index (χ0v) is 14.8. The van der Waals surface area contributed by atoms with Crippen LogP contribution < -0.4 is 11.1 Å². The molecule has 3 N–H and O–H groups in total. The lowest BCUT2D eigenvalue weighted by atomic mass is 10.1. The number of carbonyl (C=O) groups excluding carboxylic acids is 2. The summed E-state index contributed by atoms with van der Waals surface area (Å²) in [7, 11) is 0. The smallest absolute Gasteiger partial charge is 0.250 e. The molecule has 1 heterocycles. The number of hydrogen-bond acceptors (Lipinski definition) is 5. The van der Waals surface area contributed by atoms with Crippen LogP contribution in [0.4, 0.5) is 5.69 Å². The van der Waals surface area contributed by atoms with Crippen LogP contribution in [0.1, 0.15) is 28.8 Å². The molecule has 1 aromatic heterocycles. The summed E-state index contributed by atoms with van der Waals surface area (Å²) in [6, 6.07) is 15.0. The Bertz CT molecular complexity index is 895. The molecule has 0 aliphatic carbocycles. The van der Waals surface area contributed by atoms with Crippen molar-refractivity contribution in [2.24, 2.45) is 5.73 Å². The Labute approximate surface area is 155 Å². The van der Waals surface area contributed by atoms with Crippen LogP contribution in [0.5, 0.6) is 0 Å². The van der Waals surface area contributed by atoms with E-state index in [1.165, 1.54) is 17.1 Å². The van der Waals surface area contributed by atoms with E-state index < -0.39 is 5.91 Å². The Hall–Kier alpha value is -3.06. The standard InChI is InChI=1S/C19H18N4O2S/c20-18(25)15-11-14(19-21-12-26-23-19)9-10-16(15)22-17(24)8-4-7-13-5-2-1-3-6-13/h1-3,5-6,9-12H,4,7-8H2,(H2,20,25)(H,22,24). The van der Waals surface area contributed by atoms with E-state index in [0.29, 0.717) is 23.5 Å². The van der Waals surface area contributed by atoms with Crippen LogP contribution in [-0.2, 0) is 11.2 Å². The quantitative estimate of drug-likeness (QED) is 0.670. The van der Waals surface area contributed by atoms with Gasteiger partial charge in [-0.25, -0.2) is 4.98 Å². The first kappa shape index (κ1) is 17.8. The first-order valence-corrected chi connectivity index (χ1v) is 9.01. The average Bonchev–Trinajstić information content (AvgIpc) is 3.17. The topological polar surface area (TPSA) is 98.0 Å². The van der Waals surface area contributed by atoms with E-state index in [1.807, 2.05) is 30.3 Å². The van der Waals surface area contributed by atoms with E-state index >= 15 is 0 Å². The Kier molecular flexibility index (Phi) is 5.70. The predicted octanol–water partition coefficient (Wildman–Crippen LogP) is 3.27. The fourth-order valence-corrected chi connectivity index (χ4v) is 3.05. The van der Waals surface area contributed by atoms with Crippen LogP contribution in [-0.4, -0.2) is 21.2 Å². The molecule has 0 atom stereocenters. The van der Waals surface area contributed by atoms with E-state index in [4.69, 9.17) is 5.73 Å². The van der Waals surface area contributed by atoms with Gasteiger partial charge in [-0.05, 0) is 48.1 Å². The van der Waals surface area contributed by atoms with Crippen LogP contribution in [0.2, 0.25) is 0 Å². The summed E-state index contributed by atoms with van der Waals surface area (Å²) in [5, 5.41) is 2.77. The number of anilines is 1. The number of aryl methyl sites for hydroxylation is 1. The number of nitrogens with zero attached hydrogens (tertiary/aromatic N) is 2. The summed E-state index contributed by atoms with van der Waals surface area (Å²) in [4.78, 5) is 28.1. The van der Waals surface area contributed by atoms with Crippen molar-refractivity contribution in [3.63, 3.8) is 0 Å². The van der Waals surface area contributed by atoms with Crippen LogP contribution in [0, 0.1) is 0 Å². The second kappa shape index (κ2) is 8.35. The summed E-state index contributed by atoms with van der Waals surface area (Å²) >= 11 is 1.22. The fourth-order valence-electron chi connectivity index (χ4n) is 2.60. The molecule has 0 spiro atoms. The first-order valence-electron chi connectivity index (χ1n) is 8.18. The second-order valence-electron chi connectivity index (χ2n) is 5.77. The van der Waals surface area contributed by atoms with E-state index in [1.54, 1.807) is 23.7 Å². The number of rotatable bonds is 7. The molecular formula is C19H18N4O2S. The summed E-state index contributed by atoms with van der Waals surface area (Å²) in [5.41, 5.74) is 9.60. The molecule has 0 unspecified atom stereocenters. The Morgan fingerprint density at radius 3 is 2.62 bits per heavy atom. The van der Waals surface area contributed by atoms with E-state index in [-0.39, 0.29) is 11.5 Å². The lowest BCUT2D eigenvalue weighted by molar-refractivity contribution is -0.116. The summed E-state index contributed by atoms with van der Waals surface area (Å²) in [6.45, 7) is 0. The van der Waals surface area contributed by atoms with Gasteiger partial charge in [-0.1, -0.05) is 30.3 Å². The van der Waals surface area contributed by atoms with Crippen molar-refractivity contribution < 1.29 is 9.59 Å². The number of nitrogens with one attached hydrogen (secondary N) is 1. The third-order valence-electron chi connectivity index (χ3n) is 3.89. The van der Waals surface area contributed by atoms with Crippen LogP contribution in [0.25, 0.3) is 11.4 Å². The number of amides is 2. The lowest BCUT2D eigenvalue weighted by Gasteiger charge is -2.10. The maximum Gasteiger partial charge on any atom is 0.250 e. The molecule has 3 rings (SSSR count). The molecule has 132 valence electrons. The molecule has 0 bridgehead atoms. The largest absolute Gasteiger partial charge is 0.366 e. The number of nitrogens with two attached hydrogens (primary N) is 1. The van der Waals surface area contributed by atoms with E-state index in [0.717, 1.165) is 12.8 Å². The molecule has 26 heavy (non-hydrogen) atoms. The SMILES string of the molecule is NC(=O)c1cc(-c2ncsn2)ccc1NC(=O)CCCc1ccccc1. The highest BCUT2D eigenvalue weighted by Gasteiger charge is 2.14. The highest BCUT2D eigenvalue weighted by molar-refractivity contribution is 7.03. The van der Waals surface area contributed by atoms with Gasteiger partial charge >= 0.3 is 0 Å². The van der Waals surface area contributed by atoms with Gasteiger partial charge in [-0.2, -0.15) is 4.37 Å². The van der Waals surface area contributed by atoms with Crippen molar-refractivity contribution in [3.8, 4) is 11.4 Å². The molecule has 0 saturated carbocycles. The zero-order valence-electron chi connectivity index (χ0n) is 14.0. The van der Waals surface area contributed by atoms with Crippen molar-refractivity contribution >= 4 is 29.0 Å². The van der Waals surface area contributed by atoms with Crippen molar-refractivity contribution in [2.75, 3.05) is 5.32 Å². The fraction of sp³-hybridized carbons (Fsp3) is 0.158. The molecule has 0 saturated heterocycles. The maximum atomic E-state index is 12.2. The number of carbonyl (C=O) groups is 2. The monoisotopic (exact) mass is 366 g/mol. The number of benzene rings is 2. The maximum absolute atomic E-state index is 12.2. The molecule has 0 aliphatic heterocycles. The van der Waals surface area contributed by atoms with E-state index in [9.17, 15) is 9.59 Å². The van der Waals surface area contributed by atoms with Gasteiger partial charge < -0.3 is 11.1 Å². The van der Waals surface area contributed by atoms with Gasteiger partial charge in [-0.3, -0.25) is 9.59 Å². The van der Waals surface area contributed by atoms with Crippen molar-refractivity contribution in [2.45, 2.75) is 19.3 Å². The van der Waals surface area contributed by atoms with Crippen molar-refractivity contribution in [3.05, 3.63) is 65.2 Å². The minimum atomic E-state index is -0.610. The molecular weight excluding hydrogens is 348 g/mol. The molecule has 0 aliphatic rings. The Balaban J connectivity index is 1.64. The van der Waals surface area contributed by atoms with Crippen molar-refractivity contribution in [1.29, 1.82) is 0 Å². The van der Waals surface area contributed by atoms with Gasteiger partial charge in [0.1, 0.15) is 5.51 Å². The number of aromatic nitrogens is 2. The summed E-state index contributed by atoms with van der Waals surface area (Å²) < 4.78 is 4.14. The highest BCUT2D eigenvalue weighted by atomic mass is 32.1. The second-order valence-corrected chi connectivity index (χ2v) is 6.37. The summed E-state index contributed by atoms with van der Waals surface area (Å²) in [6.07, 6.45) is 1.91. The number of primary amides is 1. The molecule has 2 aromatic carbocycles. The first-order chi connectivity index (χ1) is 12.6. The van der Waals surface area contributed by atoms with Gasteiger partial charge in [-0.15, -0.1) is 0 Å². The molecule has 2 amide bonds. The third kappa shape index (κ3) is 4.52. The predicted molar refractivity (Wildman–Crippen MR) is 102 cm³/mol. The number of hydrogen-bond donors (Lipinski definition) is 2. The molecule has 0 radical (unpaired) electrons.